The van der Waals surface area contributed by atoms with Gasteiger partial charge in [0.25, 0.3) is 0 Å². The molecule has 0 unspecified atom stereocenters. The maximum absolute atomic E-state index is 12.6. The van der Waals surface area contributed by atoms with E-state index in [1.807, 2.05) is 12.1 Å². The molecule has 6 nitrogen and oxygen atoms in total. The van der Waals surface area contributed by atoms with Gasteiger partial charge < -0.3 is 9.80 Å². The van der Waals surface area contributed by atoms with Crippen LogP contribution in [-0.2, 0) is 14.6 Å². The van der Waals surface area contributed by atoms with Gasteiger partial charge in [-0.3, -0.25) is 9.78 Å². The minimum absolute atomic E-state index is 0.00733. The monoisotopic (exact) mass is 413 g/mol. The molecule has 154 valence electrons. The summed E-state index contributed by atoms with van der Waals surface area (Å²) in [4.78, 5) is 20.9. The molecule has 0 bridgehead atoms. The lowest BCUT2D eigenvalue weighted by atomic mass is 10.0. The Morgan fingerprint density at radius 2 is 1.79 bits per heavy atom. The third-order valence-electron chi connectivity index (χ3n) is 5.49. The number of benzene rings is 1. The highest BCUT2D eigenvalue weighted by Crippen LogP contribution is 2.22. The number of aromatic nitrogens is 1. The minimum Gasteiger partial charge on any atom is -0.371 e. The number of carbonyl (C=O) groups is 1. The largest absolute Gasteiger partial charge is 0.371 e. The van der Waals surface area contributed by atoms with Crippen LogP contribution in [0.1, 0.15) is 24.8 Å². The van der Waals surface area contributed by atoms with Gasteiger partial charge in [-0.1, -0.05) is 24.8 Å². The standard InChI is InChI=1S/C22H27N3O3S/c1-3-18-4-6-21(7-5-18)29(27,28)17-12-22(26)24(2)19-10-15-25(16-11-19)20-8-13-23-14-9-20/h3-9,13-14,19H,1,10-12,15-17H2,2H3. The van der Waals surface area contributed by atoms with Gasteiger partial charge in [0.2, 0.25) is 5.91 Å². The van der Waals surface area contributed by atoms with Crippen molar-refractivity contribution in [3.05, 3.63) is 60.9 Å². The molecule has 1 amide bonds. The number of sulfone groups is 1. The first-order valence-electron chi connectivity index (χ1n) is 9.76. The lowest BCUT2D eigenvalue weighted by molar-refractivity contribution is -0.131. The summed E-state index contributed by atoms with van der Waals surface area (Å²) in [5.74, 6) is -0.307. The van der Waals surface area contributed by atoms with Crippen molar-refractivity contribution in [3.63, 3.8) is 0 Å². The van der Waals surface area contributed by atoms with Crippen molar-refractivity contribution in [2.75, 3.05) is 30.8 Å². The molecule has 3 rings (SSSR count). The van der Waals surface area contributed by atoms with Crippen LogP contribution in [0.3, 0.4) is 0 Å². The number of nitrogens with zero attached hydrogens (tertiary/aromatic N) is 3. The van der Waals surface area contributed by atoms with Crippen LogP contribution >= 0.6 is 0 Å². The van der Waals surface area contributed by atoms with Crippen LogP contribution in [-0.4, -0.2) is 56.1 Å². The van der Waals surface area contributed by atoms with E-state index in [4.69, 9.17) is 0 Å². The van der Waals surface area contributed by atoms with Crippen molar-refractivity contribution in [2.24, 2.45) is 0 Å². The van der Waals surface area contributed by atoms with Gasteiger partial charge in [-0.15, -0.1) is 0 Å². The van der Waals surface area contributed by atoms with E-state index in [0.29, 0.717) is 0 Å². The highest BCUT2D eigenvalue weighted by Gasteiger charge is 2.26. The summed E-state index contributed by atoms with van der Waals surface area (Å²) in [6.07, 6.45) is 6.94. The summed E-state index contributed by atoms with van der Waals surface area (Å²) in [6, 6.07) is 10.7. The van der Waals surface area contributed by atoms with E-state index in [0.717, 1.165) is 37.2 Å². The van der Waals surface area contributed by atoms with E-state index in [9.17, 15) is 13.2 Å². The van der Waals surface area contributed by atoms with Crippen molar-refractivity contribution < 1.29 is 13.2 Å². The van der Waals surface area contributed by atoms with Gasteiger partial charge in [0, 0.05) is 50.7 Å². The molecular weight excluding hydrogens is 386 g/mol. The second kappa shape index (κ2) is 9.22. The van der Waals surface area contributed by atoms with Crippen LogP contribution < -0.4 is 4.90 Å². The number of piperidine rings is 1. The summed E-state index contributed by atoms with van der Waals surface area (Å²) in [6.45, 7) is 5.39. The van der Waals surface area contributed by atoms with Crippen molar-refractivity contribution in [1.29, 1.82) is 0 Å². The number of carbonyl (C=O) groups excluding carboxylic acids is 1. The van der Waals surface area contributed by atoms with E-state index in [1.54, 1.807) is 54.7 Å². The van der Waals surface area contributed by atoms with Crippen LogP contribution in [0.5, 0.6) is 0 Å². The Balaban J connectivity index is 1.52. The molecule has 0 N–H and O–H groups in total. The van der Waals surface area contributed by atoms with Crippen molar-refractivity contribution in [3.8, 4) is 0 Å². The van der Waals surface area contributed by atoms with Crippen LogP contribution in [0.4, 0.5) is 5.69 Å². The fourth-order valence-electron chi connectivity index (χ4n) is 3.60. The molecule has 1 aliphatic rings. The highest BCUT2D eigenvalue weighted by atomic mass is 32.2. The molecule has 0 atom stereocenters. The normalized spacial score (nSPS) is 15.1. The number of hydrogen-bond acceptors (Lipinski definition) is 5. The molecule has 1 saturated heterocycles. The summed E-state index contributed by atoms with van der Waals surface area (Å²) < 4.78 is 25.1. The zero-order chi connectivity index (χ0) is 20.9. The van der Waals surface area contributed by atoms with Gasteiger partial charge in [-0.25, -0.2) is 8.42 Å². The predicted octanol–water partition coefficient (Wildman–Crippen LogP) is 3.02. The number of pyridine rings is 1. The lowest BCUT2D eigenvalue weighted by Gasteiger charge is -2.37. The molecule has 1 aromatic carbocycles. The smallest absolute Gasteiger partial charge is 0.223 e. The van der Waals surface area contributed by atoms with E-state index < -0.39 is 9.84 Å². The van der Waals surface area contributed by atoms with Crippen LogP contribution in [0.2, 0.25) is 0 Å². The number of anilines is 1. The van der Waals surface area contributed by atoms with Crippen molar-refractivity contribution in [1.82, 2.24) is 9.88 Å². The molecule has 0 saturated carbocycles. The zero-order valence-corrected chi connectivity index (χ0v) is 17.5. The molecule has 1 aromatic heterocycles. The number of amides is 1. The fraction of sp³-hybridized carbons (Fsp3) is 0.364. The zero-order valence-electron chi connectivity index (χ0n) is 16.7. The average Bonchev–Trinajstić information content (AvgIpc) is 2.77. The molecule has 0 spiro atoms. The van der Waals surface area contributed by atoms with E-state index in [1.165, 1.54) is 0 Å². The Morgan fingerprint density at radius 3 is 2.38 bits per heavy atom. The summed E-state index contributed by atoms with van der Waals surface area (Å²) >= 11 is 0. The van der Waals surface area contributed by atoms with Crippen LogP contribution in [0.15, 0.2) is 60.3 Å². The average molecular weight is 414 g/mol. The SMILES string of the molecule is C=Cc1ccc(S(=O)(=O)CCC(=O)N(C)C2CCN(c3ccncc3)CC2)cc1. The van der Waals surface area contributed by atoms with Crippen LogP contribution in [0.25, 0.3) is 6.08 Å². The summed E-state index contributed by atoms with van der Waals surface area (Å²) in [5, 5.41) is 0. The third-order valence-corrected chi connectivity index (χ3v) is 7.23. The maximum Gasteiger partial charge on any atom is 0.223 e. The van der Waals surface area contributed by atoms with Gasteiger partial charge in [0.15, 0.2) is 9.84 Å². The Labute approximate surface area is 172 Å². The van der Waals surface area contributed by atoms with Crippen LogP contribution in [0, 0.1) is 0 Å². The van der Waals surface area contributed by atoms with E-state index >= 15 is 0 Å². The van der Waals surface area contributed by atoms with E-state index in [2.05, 4.69) is 16.5 Å². The van der Waals surface area contributed by atoms with Gasteiger partial charge in [0.1, 0.15) is 0 Å². The van der Waals surface area contributed by atoms with Gasteiger partial charge in [-0.05, 0) is 42.7 Å². The molecular formula is C22H27N3O3S. The molecule has 1 aliphatic heterocycles. The Hall–Kier alpha value is -2.67. The Bertz CT molecular complexity index is 935. The fourth-order valence-corrected chi connectivity index (χ4v) is 4.83. The Morgan fingerprint density at radius 1 is 1.17 bits per heavy atom. The summed E-state index contributed by atoms with van der Waals surface area (Å²) in [5.41, 5.74) is 2.00. The van der Waals surface area contributed by atoms with Gasteiger partial charge in [-0.2, -0.15) is 0 Å². The van der Waals surface area contributed by atoms with Crippen molar-refractivity contribution >= 4 is 27.5 Å². The second-order valence-corrected chi connectivity index (χ2v) is 9.38. The molecule has 0 radical (unpaired) electrons. The maximum atomic E-state index is 12.6. The molecule has 7 heteroatoms. The Kier molecular flexibility index (Phi) is 6.69. The first kappa shape index (κ1) is 21.0. The number of rotatable bonds is 7. The third kappa shape index (κ3) is 5.23. The lowest BCUT2D eigenvalue weighted by Crippen LogP contribution is -2.46. The topological polar surface area (TPSA) is 70.6 Å². The molecule has 2 aromatic rings. The van der Waals surface area contributed by atoms with Gasteiger partial charge in [0.05, 0.1) is 10.6 Å². The second-order valence-electron chi connectivity index (χ2n) is 7.27. The highest BCUT2D eigenvalue weighted by molar-refractivity contribution is 7.91. The number of hydrogen-bond donors (Lipinski definition) is 0. The molecule has 0 aliphatic carbocycles. The quantitative estimate of drug-likeness (QED) is 0.698. The van der Waals surface area contributed by atoms with Crippen molar-refractivity contribution in [2.45, 2.75) is 30.2 Å². The summed E-state index contributed by atoms with van der Waals surface area (Å²) in [7, 11) is -1.71. The molecule has 1 fully saturated rings. The molecule has 29 heavy (non-hydrogen) atoms. The minimum atomic E-state index is -3.49. The first-order chi connectivity index (χ1) is 13.9. The first-order valence-corrected chi connectivity index (χ1v) is 11.4. The predicted molar refractivity (Wildman–Crippen MR) is 115 cm³/mol. The molecule has 2 heterocycles. The van der Waals surface area contributed by atoms with Gasteiger partial charge >= 0.3 is 0 Å². The van der Waals surface area contributed by atoms with E-state index in [-0.39, 0.29) is 29.0 Å².